The van der Waals surface area contributed by atoms with Crippen molar-refractivity contribution >= 4 is 28.9 Å². The molecular weight excluding hydrogens is 374 g/mol. The lowest BCUT2D eigenvalue weighted by Gasteiger charge is -2.16. The molecule has 0 spiro atoms. The lowest BCUT2D eigenvalue weighted by atomic mass is 9.96. The molecule has 0 unspecified atom stereocenters. The highest BCUT2D eigenvalue weighted by atomic mass is 32.1. The summed E-state index contributed by atoms with van der Waals surface area (Å²) in [5, 5.41) is 9.00. The first kappa shape index (κ1) is 18.2. The van der Waals surface area contributed by atoms with Gasteiger partial charge in [0.1, 0.15) is 5.75 Å². The Labute approximate surface area is 167 Å². The number of thiophene rings is 1. The summed E-state index contributed by atoms with van der Waals surface area (Å²) in [6.45, 7) is 0. The predicted molar refractivity (Wildman–Crippen MR) is 114 cm³/mol. The molecule has 1 aliphatic rings. The molecule has 1 aliphatic carbocycles. The molecule has 0 bridgehead atoms. The second-order valence-corrected chi connectivity index (χ2v) is 8.44. The van der Waals surface area contributed by atoms with Gasteiger partial charge in [-0.15, -0.1) is 22.7 Å². The standard InChI is InChI=1S/C21H23N3OS2/c1-25-18-11-9-16(10-12-18)20-15-27-21(23-17-6-3-2-4-7-17)24(20)22-14-19-8-5-13-26-19/h5,8-15,17H,2-4,6-7H2,1H3. The molecule has 0 aliphatic heterocycles. The number of aromatic nitrogens is 1. The first-order chi connectivity index (χ1) is 13.3. The molecule has 1 saturated carbocycles. The van der Waals surface area contributed by atoms with Gasteiger partial charge in [-0.25, -0.2) is 4.68 Å². The number of rotatable bonds is 5. The summed E-state index contributed by atoms with van der Waals surface area (Å²) in [6.07, 6.45) is 8.19. The summed E-state index contributed by atoms with van der Waals surface area (Å²) in [6, 6.07) is 12.7. The van der Waals surface area contributed by atoms with Crippen LogP contribution in [0.3, 0.4) is 0 Å². The van der Waals surface area contributed by atoms with Gasteiger partial charge in [0, 0.05) is 15.8 Å². The van der Waals surface area contributed by atoms with Crippen molar-refractivity contribution in [2.75, 3.05) is 7.11 Å². The van der Waals surface area contributed by atoms with E-state index in [1.807, 2.05) is 29.1 Å². The van der Waals surface area contributed by atoms with Crippen LogP contribution in [-0.4, -0.2) is 24.0 Å². The van der Waals surface area contributed by atoms with Gasteiger partial charge in [-0.05, 0) is 48.6 Å². The Morgan fingerprint density at radius 2 is 1.89 bits per heavy atom. The molecule has 1 aromatic carbocycles. The Bertz CT molecular complexity index is 946. The largest absolute Gasteiger partial charge is 0.497 e. The molecule has 1 fully saturated rings. The van der Waals surface area contributed by atoms with Gasteiger partial charge in [0.2, 0.25) is 4.80 Å². The molecule has 0 N–H and O–H groups in total. The third kappa shape index (κ3) is 4.39. The zero-order chi connectivity index (χ0) is 18.5. The van der Waals surface area contributed by atoms with E-state index in [2.05, 4.69) is 29.0 Å². The minimum absolute atomic E-state index is 0.421. The van der Waals surface area contributed by atoms with Crippen LogP contribution in [0.1, 0.15) is 37.0 Å². The molecule has 4 nitrogen and oxygen atoms in total. The van der Waals surface area contributed by atoms with Gasteiger partial charge in [-0.3, -0.25) is 4.99 Å². The van der Waals surface area contributed by atoms with Crippen LogP contribution in [0, 0.1) is 0 Å². The average Bonchev–Trinajstić information content (AvgIpc) is 3.37. The topological polar surface area (TPSA) is 38.9 Å². The fraction of sp³-hybridized carbons (Fsp3) is 0.333. The lowest BCUT2D eigenvalue weighted by Crippen LogP contribution is -2.18. The van der Waals surface area contributed by atoms with E-state index in [-0.39, 0.29) is 0 Å². The lowest BCUT2D eigenvalue weighted by molar-refractivity contribution is 0.415. The molecule has 6 heteroatoms. The van der Waals surface area contributed by atoms with Gasteiger partial charge in [0.25, 0.3) is 0 Å². The molecule has 3 aromatic rings. The summed E-state index contributed by atoms with van der Waals surface area (Å²) in [7, 11) is 1.69. The Morgan fingerprint density at radius 1 is 1.07 bits per heavy atom. The highest BCUT2D eigenvalue weighted by molar-refractivity contribution is 7.11. The number of hydrogen-bond acceptors (Lipinski definition) is 5. The molecule has 0 radical (unpaired) electrons. The van der Waals surface area contributed by atoms with Crippen LogP contribution in [-0.2, 0) is 0 Å². The van der Waals surface area contributed by atoms with Gasteiger partial charge < -0.3 is 4.74 Å². The van der Waals surface area contributed by atoms with Crippen LogP contribution >= 0.6 is 22.7 Å². The van der Waals surface area contributed by atoms with E-state index in [1.165, 1.54) is 32.1 Å². The molecular formula is C21H23N3OS2. The van der Waals surface area contributed by atoms with Crippen LogP contribution in [0.15, 0.2) is 57.3 Å². The third-order valence-electron chi connectivity index (χ3n) is 4.78. The number of benzene rings is 1. The smallest absolute Gasteiger partial charge is 0.206 e. The van der Waals surface area contributed by atoms with E-state index in [9.17, 15) is 0 Å². The fourth-order valence-electron chi connectivity index (χ4n) is 3.31. The normalized spacial score (nSPS) is 16.3. The average molecular weight is 398 g/mol. The minimum atomic E-state index is 0.421. The van der Waals surface area contributed by atoms with Crippen molar-refractivity contribution in [3.05, 3.63) is 56.8 Å². The first-order valence-electron chi connectivity index (χ1n) is 9.30. The summed E-state index contributed by atoms with van der Waals surface area (Å²) in [4.78, 5) is 7.15. The van der Waals surface area contributed by atoms with E-state index in [1.54, 1.807) is 29.8 Å². The van der Waals surface area contributed by atoms with Gasteiger partial charge in [-0.1, -0.05) is 25.3 Å². The molecule has 2 aromatic heterocycles. The Balaban J connectivity index is 1.74. The van der Waals surface area contributed by atoms with Gasteiger partial charge in [0.15, 0.2) is 0 Å². The molecule has 140 valence electrons. The van der Waals surface area contributed by atoms with Crippen molar-refractivity contribution in [1.82, 2.24) is 4.68 Å². The molecule has 4 rings (SSSR count). The quantitative estimate of drug-likeness (QED) is 0.531. The van der Waals surface area contributed by atoms with Gasteiger partial charge in [-0.2, -0.15) is 5.10 Å². The van der Waals surface area contributed by atoms with Crippen LogP contribution in [0.4, 0.5) is 0 Å². The maximum absolute atomic E-state index is 5.29. The fourth-order valence-corrected chi connectivity index (χ4v) is 4.79. The molecule has 0 saturated heterocycles. The second-order valence-electron chi connectivity index (χ2n) is 6.62. The third-order valence-corrected chi connectivity index (χ3v) is 6.42. The van der Waals surface area contributed by atoms with Crippen molar-refractivity contribution in [2.45, 2.75) is 38.1 Å². The predicted octanol–water partition coefficient (Wildman–Crippen LogP) is 5.40. The molecule has 0 amide bonds. The van der Waals surface area contributed by atoms with E-state index < -0.39 is 0 Å². The van der Waals surface area contributed by atoms with Crippen molar-refractivity contribution in [3.8, 4) is 17.0 Å². The van der Waals surface area contributed by atoms with Crippen molar-refractivity contribution in [3.63, 3.8) is 0 Å². The summed E-state index contributed by atoms with van der Waals surface area (Å²) < 4.78 is 7.27. The zero-order valence-electron chi connectivity index (χ0n) is 15.4. The SMILES string of the molecule is COc1ccc(-c2csc(=NC3CCCCC3)n2N=Cc2cccs2)cc1. The van der Waals surface area contributed by atoms with Crippen molar-refractivity contribution < 1.29 is 4.74 Å². The summed E-state index contributed by atoms with van der Waals surface area (Å²) >= 11 is 3.35. The second kappa shape index (κ2) is 8.67. The monoisotopic (exact) mass is 397 g/mol. The van der Waals surface area contributed by atoms with Crippen LogP contribution in [0.5, 0.6) is 5.75 Å². The maximum atomic E-state index is 5.29. The van der Waals surface area contributed by atoms with Crippen LogP contribution in [0.25, 0.3) is 11.3 Å². The van der Waals surface area contributed by atoms with E-state index >= 15 is 0 Å². The number of thiazole rings is 1. The number of hydrogen-bond donors (Lipinski definition) is 0. The van der Waals surface area contributed by atoms with Crippen molar-refractivity contribution in [1.29, 1.82) is 0 Å². The first-order valence-corrected chi connectivity index (χ1v) is 11.1. The summed E-state index contributed by atoms with van der Waals surface area (Å²) in [5.74, 6) is 0.856. The Kier molecular flexibility index (Phi) is 5.84. The van der Waals surface area contributed by atoms with Gasteiger partial charge in [0.05, 0.1) is 25.1 Å². The highest BCUT2D eigenvalue weighted by Gasteiger charge is 2.14. The Morgan fingerprint density at radius 3 is 2.59 bits per heavy atom. The molecule has 27 heavy (non-hydrogen) atoms. The molecule has 2 heterocycles. The molecule has 0 atom stereocenters. The highest BCUT2D eigenvalue weighted by Crippen LogP contribution is 2.24. The number of methoxy groups -OCH3 is 1. The number of nitrogens with zero attached hydrogens (tertiary/aromatic N) is 3. The van der Waals surface area contributed by atoms with Crippen LogP contribution in [0.2, 0.25) is 0 Å². The van der Waals surface area contributed by atoms with Crippen LogP contribution < -0.4 is 9.54 Å². The maximum Gasteiger partial charge on any atom is 0.206 e. The Hall–Kier alpha value is -2.18. The van der Waals surface area contributed by atoms with Crippen molar-refractivity contribution in [2.24, 2.45) is 10.1 Å². The summed E-state index contributed by atoms with van der Waals surface area (Å²) in [5.41, 5.74) is 2.17. The van der Waals surface area contributed by atoms with E-state index in [4.69, 9.17) is 14.8 Å². The van der Waals surface area contributed by atoms with Gasteiger partial charge >= 0.3 is 0 Å². The zero-order valence-corrected chi connectivity index (χ0v) is 17.0. The minimum Gasteiger partial charge on any atom is -0.497 e. The number of ether oxygens (including phenoxy) is 1. The van der Waals surface area contributed by atoms with E-state index in [0.717, 1.165) is 26.7 Å². The van der Waals surface area contributed by atoms with E-state index in [0.29, 0.717) is 6.04 Å².